The Kier molecular flexibility index (Phi) is 7.45. The number of carbonyl (C=O) groups is 1. The highest BCUT2D eigenvalue weighted by Gasteiger charge is 2.11. The number of rotatable bonds is 8. The van der Waals surface area contributed by atoms with Gasteiger partial charge in [-0.25, -0.2) is 0 Å². The molecule has 0 saturated carbocycles. The predicted molar refractivity (Wildman–Crippen MR) is 83.7 cm³/mol. The lowest BCUT2D eigenvalue weighted by atomic mass is 10.1. The molecule has 1 rings (SSSR count). The first-order chi connectivity index (χ1) is 9.52. The molecule has 1 aromatic rings. The van der Waals surface area contributed by atoms with Crippen molar-refractivity contribution < 1.29 is 9.53 Å². The molecule has 0 spiro atoms. The van der Waals surface area contributed by atoms with Crippen LogP contribution in [-0.2, 0) is 0 Å². The van der Waals surface area contributed by atoms with Gasteiger partial charge in [0.25, 0.3) is 5.91 Å². The number of benzene rings is 1. The predicted octanol–water partition coefficient (Wildman–Crippen LogP) is 3.86. The molecule has 1 amide bonds. The van der Waals surface area contributed by atoms with Gasteiger partial charge in [0.2, 0.25) is 0 Å². The van der Waals surface area contributed by atoms with Crippen molar-refractivity contribution in [2.75, 3.05) is 13.2 Å². The van der Waals surface area contributed by atoms with Crippen molar-refractivity contribution in [3.05, 3.63) is 29.8 Å². The fraction of sp³-hybridized carbons (Fsp3) is 0.562. The number of carbonyl (C=O) groups excluding carboxylic acids is 1. The Bertz CT molecular complexity index is 421. The van der Waals surface area contributed by atoms with Crippen LogP contribution in [0.4, 0.5) is 0 Å². The number of hydrogen-bond acceptors (Lipinski definition) is 2. The zero-order chi connectivity index (χ0) is 15.0. The minimum atomic E-state index is -0.110. The normalized spacial score (nSPS) is 12.2. The molecule has 0 fully saturated rings. The summed E-state index contributed by atoms with van der Waals surface area (Å²) in [7, 11) is 0. The Balaban J connectivity index is 2.50. The lowest BCUT2D eigenvalue weighted by Gasteiger charge is -2.13. The number of nitrogens with one attached hydrogen (secondary N) is 1. The third kappa shape index (κ3) is 6.29. The third-order valence-corrected chi connectivity index (χ3v) is 3.11. The lowest BCUT2D eigenvalue weighted by molar-refractivity contribution is 0.0952. The van der Waals surface area contributed by atoms with Crippen LogP contribution in [0, 0.1) is 5.92 Å². The van der Waals surface area contributed by atoms with E-state index in [4.69, 9.17) is 16.3 Å². The van der Waals surface area contributed by atoms with Crippen LogP contribution in [0.25, 0.3) is 0 Å². The first-order valence-electron chi connectivity index (χ1n) is 7.18. The maximum atomic E-state index is 12.0. The van der Waals surface area contributed by atoms with E-state index in [1.807, 2.05) is 19.1 Å². The van der Waals surface area contributed by atoms with E-state index in [-0.39, 0.29) is 11.3 Å². The molecule has 0 bridgehead atoms. The highest BCUT2D eigenvalue weighted by atomic mass is 35.5. The van der Waals surface area contributed by atoms with Gasteiger partial charge in [0.1, 0.15) is 5.75 Å². The van der Waals surface area contributed by atoms with Gasteiger partial charge in [0.15, 0.2) is 0 Å². The minimum absolute atomic E-state index is 0.0292. The summed E-state index contributed by atoms with van der Waals surface area (Å²) >= 11 is 6.17. The first kappa shape index (κ1) is 16.8. The van der Waals surface area contributed by atoms with Gasteiger partial charge in [-0.3, -0.25) is 4.79 Å². The van der Waals surface area contributed by atoms with Crippen LogP contribution in [0.1, 0.15) is 44.0 Å². The van der Waals surface area contributed by atoms with Gasteiger partial charge in [0.05, 0.1) is 12.0 Å². The standard InChI is InChI=1S/C16H24ClNO2/c1-4-8-20-15-7-5-6-13(10-15)16(19)18-11-14(17)9-12(2)3/h5-7,10,12,14H,4,8-9,11H2,1-3H3,(H,18,19). The highest BCUT2D eigenvalue weighted by molar-refractivity contribution is 6.20. The molecule has 0 aliphatic rings. The summed E-state index contributed by atoms with van der Waals surface area (Å²) in [6, 6.07) is 7.22. The molecule has 0 radical (unpaired) electrons. The summed E-state index contributed by atoms with van der Waals surface area (Å²) in [5.74, 6) is 1.14. The Labute approximate surface area is 126 Å². The molecule has 1 aromatic carbocycles. The van der Waals surface area contributed by atoms with Gasteiger partial charge in [-0.2, -0.15) is 0 Å². The van der Waals surface area contributed by atoms with Crippen LogP contribution in [-0.4, -0.2) is 24.4 Å². The van der Waals surface area contributed by atoms with E-state index < -0.39 is 0 Å². The molecule has 0 heterocycles. The van der Waals surface area contributed by atoms with Crippen LogP contribution in [0.2, 0.25) is 0 Å². The zero-order valence-corrected chi connectivity index (χ0v) is 13.2. The second kappa shape index (κ2) is 8.85. The summed E-state index contributed by atoms with van der Waals surface area (Å²) < 4.78 is 5.52. The molecule has 0 aromatic heterocycles. The summed E-state index contributed by atoms with van der Waals surface area (Å²) in [5.41, 5.74) is 0.604. The molecule has 4 heteroatoms. The minimum Gasteiger partial charge on any atom is -0.494 e. The van der Waals surface area contributed by atoms with Gasteiger partial charge >= 0.3 is 0 Å². The van der Waals surface area contributed by atoms with Crippen molar-refractivity contribution >= 4 is 17.5 Å². The first-order valence-corrected chi connectivity index (χ1v) is 7.61. The second-order valence-corrected chi connectivity index (χ2v) is 5.93. The van der Waals surface area contributed by atoms with Crippen molar-refractivity contribution in [3.63, 3.8) is 0 Å². The van der Waals surface area contributed by atoms with Crippen molar-refractivity contribution in [2.45, 2.75) is 39.0 Å². The average Bonchev–Trinajstić information content (AvgIpc) is 2.42. The largest absolute Gasteiger partial charge is 0.494 e. The van der Waals surface area contributed by atoms with Crippen molar-refractivity contribution in [1.29, 1.82) is 0 Å². The summed E-state index contributed by atoms with van der Waals surface area (Å²) in [4.78, 5) is 12.0. The molecule has 112 valence electrons. The number of hydrogen-bond donors (Lipinski definition) is 1. The summed E-state index contributed by atoms with van der Waals surface area (Å²) in [5, 5.41) is 2.83. The number of ether oxygens (including phenoxy) is 1. The molecular formula is C16H24ClNO2. The van der Waals surface area contributed by atoms with E-state index in [9.17, 15) is 4.79 Å². The summed E-state index contributed by atoms with van der Waals surface area (Å²) in [6.07, 6.45) is 1.83. The molecule has 0 aliphatic heterocycles. The van der Waals surface area contributed by atoms with Gasteiger partial charge in [0, 0.05) is 12.1 Å². The van der Waals surface area contributed by atoms with E-state index >= 15 is 0 Å². The summed E-state index contributed by atoms with van der Waals surface area (Å²) in [6.45, 7) is 7.42. The average molecular weight is 298 g/mol. The van der Waals surface area contributed by atoms with Crippen LogP contribution in [0.15, 0.2) is 24.3 Å². The smallest absolute Gasteiger partial charge is 0.251 e. The Morgan fingerprint density at radius 1 is 1.40 bits per heavy atom. The third-order valence-electron chi connectivity index (χ3n) is 2.78. The van der Waals surface area contributed by atoms with Crippen LogP contribution < -0.4 is 10.1 Å². The quantitative estimate of drug-likeness (QED) is 0.740. The molecule has 20 heavy (non-hydrogen) atoms. The Morgan fingerprint density at radius 2 is 2.15 bits per heavy atom. The van der Waals surface area contributed by atoms with Crippen LogP contribution in [0.3, 0.4) is 0 Å². The molecule has 0 saturated heterocycles. The van der Waals surface area contributed by atoms with Crippen LogP contribution in [0.5, 0.6) is 5.75 Å². The fourth-order valence-electron chi connectivity index (χ4n) is 1.85. The van der Waals surface area contributed by atoms with E-state index in [0.29, 0.717) is 24.6 Å². The number of halogens is 1. The second-order valence-electron chi connectivity index (χ2n) is 5.31. The molecule has 1 N–H and O–H groups in total. The number of amides is 1. The molecule has 1 unspecified atom stereocenters. The molecular weight excluding hydrogens is 274 g/mol. The van der Waals surface area contributed by atoms with E-state index in [2.05, 4.69) is 19.2 Å². The molecule has 0 aliphatic carbocycles. The maximum absolute atomic E-state index is 12.0. The van der Waals surface area contributed by atoms with Crippen LogP contribution >= 0.6 is 11.6 Å². The van der Waals surface area contributed by atoms with E-state index in [0.717, 1.165) is 18.6 Å². The SMILES string of the molecule is CCCOc1cccc(C(=O)NCC(Cl)CC(C)C)c1. The van der Waals surface area contributed by atoms with Crippen molar-refractivity contribution in [1.82, 2.24) is 5.32 Å². The fourth-order valence-corrected chi connectivity index (χ4v) is 2.28. The molecule has 1 atom stereocenters. The Hall–Kier alpha value is -1.22. The van der Waals surface area contributed by atoms with Gasteiger partial charge < -0.3 is 10.1 Å². The van der Waals surface area contributed by atoms with Gasteiger partial charge in [-0.15, -0.1) is 11.6 Å². The maximum Gasteiger partial charge on any atom is 0.251 e. The zero-order valence-electron chi connectivity index (χ0n) is 12.5. The van der Waals surface area contributed by atoms with Crippen molar-refractivity contribution in [2.24, 2.45) is 5.92 Å². The molecule has 3 nitrogen and oxygen atoms in total. The monoisotopic (exact) mass is 297 g/mol. The topological polar surface area (TPSA) is 38.3 Å². The van der Waals surface area contributed by atoms with Gasteiger partial charge in [-0.1, -0.05) is 26.8 Å². The van der Waals surface area contributed by atoms with Crippen molar-refractivity contribution in [3.8, 4) is 5.75 Å². The Morgan fingerprint density at radius 3 is 2.80 bits per heavy atom. The highest BCUT2D eigenvalue weighted by Crippen LogP contribution is 2.14. The van der Waals surface area contributed by atoms with E-state index in [1.165, 1.54) is 0 Å². The lowest BCUT2D eigenvalue weighted by Crippen LogP contribution is -2.30. The number of alkyl halides is 1. The van der Waals surface area contributed by atoms with Gasteiger partial charge in [-0.05, 0) is 37.0 Å². The van der Waals surface area contributed by atoms with E-state index in [1.54, 1.807) is 12.1 Å².